The number of halogens is 1. The van der Waals surface area contributed by atoms with E-state index in [0.717, 1.165) is 17.4 Å². The van der Waals surface area contributed by atoms with Crippen LogP contribution in [0, 0.1) is 0 Å². The van der Waals surface area contributed by atoms with E-state index in [1.165, 1.54) is 12.8 Å². The summed E-state index contributed by atoms with van der Waals surface area (Å²) in [6.07, 6.45) is 5.06. The summed E-state index contributed by atoms with van der Waals surface area (Å²) >= 11 is 3.34. The maximum Gasteiger partial charge on any atom is 0.266 e. The zero-order chi connectivity index (χ0) is 12.4. The zero-order valence-electron chi connectivity index (χ0n) is 9.77. The Bertz CT molecular complexity index is 521. The molecule has 0 unspecified atom stereocenters. The van der Waals surface area contributed by atoms with Crippen molar-refractivity contribution in [2.24, 2.45) is 0 Å². The molecule has 2 heterocycles. The van der Waals surface area contributed by atoms with E-state index in [1.54, 1.807) is 6.20 Å². The van der Waals surface area contributed by atoms with Crippen molar-refractivity contribution in [1.82, 2.24) is 20.5 Å². The minimum atomic E-state index is 0.476. The molecule has 94 valence electrons. The Morgan fingerprint density at radius 2 is 2.22 bits per heavy atom. The summed E-state index contributed by atoms with van der Waals surface area (Å²) in [5.74, 6) is 1.13. The fourth-order valence-corrected chi connectivity index (χ4v) is 1.87. The fraction of sp³-hybridized carbons (Fsp3) is 0.417. The Morgan fingerprint density at radius 1 is 1.33 bits per heavy atom. The summed E-state index contributed by atoms with van der Waals surface area (Å²) < 4.78 is 6.50. The first kappa shape index (κ1) is 11.8. The third kappa shape index (κ3) is 2.94. The standard InChI is InChI=1S/C12H13BrN4O/c13-8-1-4-10(15-7-8)12-17-16-11(18-12)5-6-14-9-2-3-9/h1,4,7,9,14H,2-3,5-6H2. The van der Waals surface area contributed by atoms with Crippen molar-refractivity contribution in [3.8, 4) is 11.6 Å². The lowest BCUT2D eigenvalue weighted by Gasteiger charge is -1.97. The van der Waals surface area contributed by atoms with E-state index in [4.69, 9.17) is 4.42 Å². The van der Waals surface area contributed by atoms with Crippen LogP contribution in [0.25, 0.3) is 11.6 Å². The van der Waals surface area contributed by atoms with Crippen LogP contribution in [-0.2, 0) is 6.42 Å². The van der Waals surface area contributed by atoms with Gasteiger partial charge in [0.2, 0.25) is 5.89 Å². The minimum absolute atomic E-state index is 0.476. The number of pyridine rings is 1. The Hall–Kier alpha value is -1.27. The van der Waals surface area contributed by atoms with Crippen LogP contribution in [-0.4, -0.2) is 27.8 Å². The highest BCUT2D eigenvalue weighted by Crippen LogP contribution is 2.19. The van der Waals surface area contributed by atoms with Gasteiger partial charge in [0, 0.05) is 29.7 Å². The highest BCUT2D eigenvalue weighted by Gasteiger charge is 2.20. The monoisotopic (exact) mass is 308 g/mol. The minimum Gasteiger partial charge on any atom is -0.419 e. The van der Waals surface area contributed by atoms with E-state index in [9.17, 15) is 0 Å². The maximum absolute atomic E-state index is 5.57. The molecule has 2 aromatic heterocycles. The van der Waals surface area contributed by atoms with Crippen molar-refractivity contribution < 1.29 is 4.42 Å². The molecule has 0 aromatic carbocycles. The van der Waals surface area contributed by atoms with Crippen molar-refractivity contribution in [3.05, 3.63) is 28.7 Å². The molecule has 2 aromatic rings. The number of rotatable bonds is 5. The average molecular weight is 309 g/mol. The van der Waals surface area contributed by atoms with Crippen LogP contribution in [0.3, 0.4) is 0 Å². The molecule has 3 rings (SSSR count). The molecule has 1 aliphatic rings. The highest BCUT2D eigenvalue weighted by atomic mass is 79.9. The first-order chi connectivity index (χ1) is 8.81. The molecule has 0 saturated heterocycles. The summed E-state index contributed by atoms with van der Waals surface area (Å²) in [6, 6.07) is 4.46. The van der Waals surface area contributed by atoms with E-state index in [2.05, 4.69) is 36.4 Å². The first-order valence-electron chi connectivity index (χ1n) is 5.99. The van der Waals surface area contributed by atoms with Crippen LogP contribution in [0.2, 0.25) is 0 Å². The van der Waals surface area contributed by atoms with Gasteiger partial charge < -0.3 is 9.73 Å². The van der Waals surface area contributed by atoms with Crippen LogP contribution < -0.4 is 5.32 Å². The molecule has 1 aliphatic carbocycles. The van der Waals surface area contributed by atoms with Crippen LogP contribution >= 0.6 is 15.9 Å². The number of hydrogen-bond acceptors (Lipinski definition) is 5. The topological polar surface area (TPSA) is 63.8 Å². The molecule has 0 radical (unpaired) electrons. The van der Waals surface area contributed by atoms with Crippen molar-refractivity contribution in [1.29, 1.82) is 0 Å². The largest absolute Gasteiger partial charge is 0.419 e. The third-order valence-electron chi connectivity index (χ3n) is 2.76. The van der Waals surface area contributed by atoms with Gasteiger partial charge in [-0.15, -0.1) is 10.2 Å². The second kappa shape index (κ2) is 5.16. The predicted molar refractivity (Wildman–Crippen MR) is 70.0 cm³/mol. The molecule has 0 spiro atoms. The van der Waals surface area contributed by atoms with Gasteiger partial charge in [-0.2, -0.15) is 0 Å². The Kier molecular flexibility index (Phi) is 3.38. The van der Waals surface area contributed by atoms with Gasteiger partial charge in [0.05, 0.1) is 0 Å². The van der Waals surface area contributed by atoms with Gasteiger partial charge >= 0.3 is 0 Å². The summed E-state index contributed by atoms with van der Waals surface area (Å²) in [4.78, 5) is 4.22. The van der Waals surface area contributed by atoms with Gasteiger partial charge in [-0.05, 0) is 40.9 Å². The van der Waals surface area contributed by atoms with E-state index in [-0.39, 0.29) is 0 Å². The van der Waals surface area contributed by atoms with E-state index in [0.29, 0.717) is 23.5 Å². The smallest absolute Gasteiger partial charge is 0.266 e. The normalized spacial score (nSPS) is 14.9. The van der Waals surface area contributed by atoms with Crippen molar-refractivity contribution in [2.45, 2.75) is 25.3 Å². The number of nitrogens with zero attached hydrogens (tertiary/aromatic N) is 3. The van der Waals surface area contributed by atoms with Crippen LogP contribution in [0.5, 0.6) is 0 Å². The molecular formula is C12H13BrN4O. The molecular weight excluding hydrogens is 296 g/mol. The Morgan fingerprint density at radius 3 is 2.94 bits per heavy atom. The lowest BCUT2D eigenvalue weighted by atomic mass is 10.3. The van der Waals surface area contributed by atoms with Gasteiger partial charge in [0.1, 0.15) is 5.69 Å². The zero-order valence-corrected chi connectivity index (χ0v) is 11.4. The molecule has 1 N–H and O–H groups in total. The van der Waals surface area contributed by atoms with Gasteiger partial charge in [0.15, 0.2) is 0 Å². The second-order valence-electron chi connectivity index (χ2n) is 4.34. The van der Waals surface area contributed by atoms with Gasteiger partial charge in [-0.3, -0.25) is 0 Å². The first-order valence-corrected chi connectivity index (χ1v) is 6.78. The Labute approximate surface area is 113 Å². The van der Waals surface area contributed by atoms with Crippen molar-refractivity contribution >= 4 is 15.9 Å². The van der Waals surface area contributed by atoms with E-state index in [1.807, 2.05) is 12.1 Å². The van der Waals surface area contributed by atoms with Crippen molar-refractivity contribution in [2.75, 3.05) is 6.54 Å². The summed E-state index contributed by atoms with van der Waals surface area (Å²) in [7, 11) is 0. The third-order valence-corrected chi connectivity index (χ3v) is 3.23. The van der Waals surface area contributed by atoms with E-state index < -0.39 is 0 Å². The molecule has 18 heavy (non-hydrogen) atoms. The molecule has 0 atom stereocenters. The molecule has 1 saturated carbocycles. The molecule has 0 amide bonds. The number of nitrogens with one attached hydrogen (secondary N) is 1. The van der Waals surface area contributed by atoms with Crippen molar-refractivity contribution in [3.63, 3.8) is 0 Å². The average Bonchev–Trinajstić information content (AvgIpc) is 3.08. The lowest BCUT2D eigenvalue weighted by Crippen LogP contribution is -2.19. The molecule has 1 fully saturated rings. The summed E-state index contributed by atoms with van der Waals surface area (Å²) in [5.41, 5.74) is 0.701. The molecule has 0 aliphatic heterocycles. The van der Waals surface area contributed by atoms with Crippen LogP contribution in [0.15, 0.2) is 27.2 Å². The number of aromatic nitrogens is 3. The van der Waals surface area contributed by atoms with Gasteiger partial charge in [-0.1, -0.05) is 0 Å². The SMILES string of the molecule is Brc1ccc(-c2nnc(CCNC3CC3)o2)nc1. The van der Waals surface area contributed by atoms with Gasteiger partial charge in [0.25, 0.3) is 5.89 Å². The maximum atomic E-state index is 5.57. The molecule has 6 heteroatoms. The summed E-state index contributed by atoms with van der Waals surface area (Å²) in [5, 5.41) is 11.4. The van der Waals surface area contributed by atoms with Crippen LogP contribution in [0.1, 0.15) is 18.7 Å². The van der Waals surface area contributed by atoms with Gasteiger partial charge in [-0.25, -0.2) is 4.98 Å². The highest BCUT2D eigenvalue weighted by molar-refractivity contribution is 9.10. The fourth-order valence-electron chi connectivity index (χ4n) is 1.63. The molecule has 5 nitrogen and oxygen atoms in total. The summed E-state index contributed by atoms with van der Waals surface area (Å²) in [6.45, 7) is 0.889. The predicted octanol–water partition coefficient (Wildman–Crippen LogP) is 2.19. The van der Waals surface area contributed by atoms with E-state index >= 15 is 0 Å². The number of hydrogen-bond donors (Lipinski definition) is 1. The quantitative estimate of drug-likeness (QED) is 0.917. The lowest BCUT2D eigenvalue weighted by molar-refractivity contribution is 0.492. The molecule has 0 bridgehead atoms. The second-order valence-corrected chi connectivity index (χ2v) is 5.26. The Balaban J connectivity index is 1.62. The van der Waals surface area contributed by atoms with Crippen LogP contribution in [0.4, 0.5) is 0 Å².